The van der Waals surface area contributed by atoms with Crippen LogP contribution in [0.4, 0.5) is 0 Å². The van der Waals surface area contributed by atoms with Crippen LogP contribution in [0.5, 0.6) is 11.5 Å². The minimum absolute atomic E-state index is 0.0851. The van der Waals surface area contributed by atoms with E-state index in [0.717, 1.165) is 0 Å². The number of sulfone groups is 1. The Hall–Kier alpha value is -0.750. The van der Waals surface area contributed by atoms with Crippen LogP contribution in [0.15, 0.2) is 23.1 Å². The van der Waals surface area contributed by atoms with Gasteiger partial charge in [0.1, 0.15) is 16.4 Å². The molecule has 0 aliphatic rings. The quantitative estimate of drug-likeness (QED) is 0.754. The molecular formula is C11H15BrO4S. The van der Waals surface area contributed by atoms with Crippen molar-refractivity contribution in [3.63, 3.8) is 0 Å². The molecule has 0 atom stereocenters. The van der Waals surface area contributed by atoms with Crippen LogP contribution in [-0.2, 0) is 9.84 Å². The minimum atomic E-state index is -3.33. The molecule has 0 fully saturated rings. The summed E-state index contributed by atoms with van der Waals surface area (Å²) in [5.74, 6) is 0.936. The first-order valence-electron chi connectivity index (χ1n) is 5.06. The van der Waals surface area contributed by atoms with Gasteiger partial charge in [0.15, 0.2) is 9.84 Å². The molecule has 0 saturated heterocycles. The van der Waals surface area contributed by atoms with E-state index < -0.39 is 9.84 Å². The Balaban J connectivity index is 3.17. The summed E-state index contributed by atoms with van der Waals surface area (Å²) in [6.45, 7) is 0. The van der Waals surface area contributed by atoms with Gasteiger partial charge in [0.2, 0.25) is 0 Å². The molecule has 0 bridgehead atoms. The lowest BCUT2D eigenvalue weighted by Gasteiger charge is -2.10. The average molecular weight is 323 g/mol. The molecule has 0 heterocycles. The molecule has 0 amide bonds. The molecule has 0 N–H and O–H groups in total. The van der Waals surface area contributed by atoms with Crippen molar-refractivity contribution in [3.8, 4) is 11.5 Å². The first-order chi connectivity index (χ1) is 8.05. The number of hydrogen-bond donors (Lipinski definition) is 0. The van der Waals surface area contributed by atoms with Crippen LogP contribution in [-0.4, -0.2) is 33.7 Å². The third-order valence-corrected chi connectivity index (χ3v) is 4.63. The van der Waals surface area contributed by atoms with E-state index in [0.29, 0.717) is 23.2 Å². The summed E-state index contributed by atoms with van der Waals surface area (Å²) in [4.78, 5) is 0.181. The fraction of sp³-hybridized carbons (Fsp3) is 0.455. The van der Waals surface area contributed by atoms with Crippen molar-refractivity contribution >= 4 is 25.8 Å². The Bertz CT molecular complexity index is 470. The number of hydrogen-bond acceptors (Lipinski definition) is 4. The summed E-state index contributed by atoms with van der Waals surface area (Å²) in [5.41, 5.74) is 0. The van der Waals surface area contributed by atoms with Gasteiger partial charge in [-0.1, -0.05) is 15.9 Å². The van der Waals surface area contributed by atoms with Crippen molar-refractivity contribution in [3.05, 3.63) is 18.2 Å². The first-order valence-corrected chi connectivity index (χ1v) is 7.83. The predicted octanol–water partition coefficient (Wildman–Crippen LogP) is 2.26. The smallest absolute Gasteiger partial charge is 0.182 e. The third-order valence-electron chi connectivity index (χ3n) is 2.25. The van der Waals surface area contributed by atoms with E-state index in [1.165, 1.54) is 20.3 Å². The molecule has 0 radical (unpaired) electrons. The lowest BCUT2D eigenvalue weighted by Crippen LogP contribution is -2.09. The zero-order valence-electron chi connectivity index (χ0n) is 9.77. The van der Waals surface area contributed by atoms with Crippen LogP contribution < -0.4 is 9.47 Å². The van der Waals surface area contributed by atoms with E-state index in [2.05, 4.69) is 15.9 Å². The average Bonchev–Trinajstić information content (AvgIpc) is 2.35. The van der Waals surface area contributed by atoms with Gasteiger partial charge in [-0.3, -0.25) is 0 Å². The maximum atomic E-state index is 12.1. The van der Waals surface area contributed by atoms with Gasteiger partial charge in [-0.15, -0.1) is 0 Å². The molecule has 0 aliphatic heterocycles. The highest BCUT2D eigenvalue weighted by Gasteiger charge is 2.20. The predicted molar refractivity (Wildman–Crippen MR) is 70.0 cm³/mol. The third kappa shape index (κ3) is 3.61. The van der Waals surface area contributed by atoms with E-state index in [-0.39, 0.29) is 10.6 Å². The summed E-state index contributed by atoms with van der Waals surface area (Å²) >= 11 is 3.22. The Morgan fingerprint density at radius 1 is 1.24 bits per heavy atom. The van der Waals surface area contributed by atoms with E-state index >= 15 is 0 Å². The van der Waals surface area contributed by atoms with Crippen LogP contribution >= 0.6 is 15.9 Å². The molecule has 1 aromatic carbocycles. The van der Waals surface area contributed by atoms with Crippen LogP contribution in [0, 0.1) is 0 Å². The summed E-state index contributed by atoms with van der Waals surface area (Å²) in [6, 6.07) is 4.75. The van der Waals surface area contributed by atoms with Gasteiger partial charge in [-0.25, -0.2) is 8.42 Å². The molecule has 0 spiro atoms. The van der Waals surface area contributed by atoms with Crippen molar-refractivity contribution in [1.82, 2.24) is 0 Å². The second-order valence-electron chi connectivity index (χ2n) is 3.38. The Labute approximate surface area is 110 Å². The van der Waals surface area contributed by atoms with Gasteiger partial charge in [0, 0.05) is 11.4 Å². The zero-order chi connectivity index (χ0) is 12.9. The molecule has 0 aliphatic carbocycles. The summed E-state index contributed by atoms with van der Waals surface area (Å²) in [6.07, 6.45) is 0.558. The minimum Gasteiger partial charge on any atom is -0.497 e. The van der Waals surface area contributed by atoms with Gasteiger partial charge < -0.3 is 9.47 Å². The molecule has 1 aromatic rings. The van der Waals surface area contributed by atoms with Crippen LogP contribution in [0.25, 0.3) is 0 Å². The maximum Gasteiger partial charge on any atom is 0.182 e. The Kier molecular flexibility index (Phi) is 5.27. The van der Waals surface area contributed by atoms with Gasteiger partial charge >= 0.3 is 0 Å². The van der Waals surface area contributed by atoms with Crippen LogP contribution in [0.1, 0.15) is 6.42 Å². The maximum absolute atomic E-state index is 12.1. The highest BCUT2D eigenvalue weighted by atomic mass is 79.9. The number of ether oxygens (including phenoxy) is 2. The monoisotopic (exact) mass is 322 g/mol. The number of methoxy groups -OCH3 is 2. The number of halogens is 1. The standard InChI is InChI=1S/C11H15BrO4S/c1-15-9-4-5-10(16-2)11(8-9)17(13,14)7-3-6-12/h4-5,8H,3,6-7H2,1-2H3. The van der Waals surface area contributed by atoms with Crippen LogP contribution in [0.3, 0.4) is 0 Å². The van der Waals surface area contributed by atoms with Gasteiger partial charge in [-0.05, 0) is 18.6 Å². The second kappa shape index (κ2) is 6.26. The largest absolute Gasteiger partial charge is 0.497 e. The van der Waals surface area contributed by atoms with Gasteiger partial charge in [0.05, 0.1) is 20.0 Å². The molecule has 0 saturated carbocycles. The highest BCUT2D eigenvalue weighted by molar-refractivity contribution is 9.09. The number of benzene rings is 1. The van der Waals surface area contributed by atoms with Crippen molar-refractivity contribution in [2.75, 3.05) is 25.3 Å². The lowest BCUT2D eigenvalue weighted by molar-refractivity contribution is 0.392. The zero-order valence-corrected chi connectivity index (χ0v) is 12.2. The van der Waals surface area contributed by atoms with Crippen molar-refractivity contribution in [2.45, 2.75) is 11.3 Å². The van der Waals surface area contributed by atoms with Crippen LogP contribution in [0.2, 0.25) is 0 Å². The molecule has 0 unspecified atom stereocenters. The van der Waals surface area contributed by atoms with E-state index in [9.17, 15) is 8.42 Å². The Morgan fingerprint density at radius 2 is 1.94 bits per heavy atom. The molecule has 0 aromatic heterocycles. The highest BCUT2D eigenvalue weighted by Crippen LogP contribution is 2.29. The number of rotatable bonds is 6. The normalized spacial score (nSPS) is 11.2. The number of alkyl halides is 1. The van der Waals surface area contributed by atoms with Crippen molar-refractivity contribution in [2.24, 2.45) is 0 Å². The van der Waals surface area contributed by atoms with E-state index in [4.69, 9.17) is 9.47 Å². The topological polar surface area (TPSA) is 52.6 Å². The molecule has 4 nitrogen and oxygen atoms in total. The fourth-order valence-electron chi connectivity index (χ4n) is 1.38. The SMILES string of the molecule is COc1ccc(OC)c(S(=O)(=O)CCCBr)c1. The molecule has 6 heteroatoms. The molecular weight excluding hydrogens is 308 g/mol. The summed E-state index contributed by atoms with van der Waals surface area (Å²) in [7, 11) is -0.386. The second-order valence-corrected chi connectivity index (χ2v) is 6.25. The fourth-order valence-corrected chi connectivity index (χ4v) is 3.53. The summed E-state index contributed by atoms with van der Waals surface area (Å²) < 4.78 is 34.3. The van der Waals surface area contributed by atoms with E-state index in [1.807, 2.05) is 0 Å². The molecule has 96 valence electrons. The van der Waals surface area contributed by atoms with Crippen molar-refractivity contribution in [1.29, 1.82) is 0 Å². The van der Waals surface area contributed by atoms with E-state index in [1.54, 1.807) is 12.1 Å². The van der Waals surface area contributed by atoms with Crippen molar-refractivity contribution < 1.29 is 17.9 Å². The molecule has 1 rings (SSSR count). The van der Waals surface area contributed by atoms with Gasteiger partial charge in [-0.2, -0.15) is 0 Å². The van der Waals surface area contributed by atoms with Gasteiger partial charge in [0.25, 0.3) is 0 Å². The lowest BCUT2D eigenvalue weighted by atomic mass is 10.3. The molecule has 17 heavy (non-hydrogen) atoms. The summed E-state index contributed by atoms with van der Waals surface area (Å²) in [5, 5.41) is 0.651. The first kappa shape index (κ1) is 14.3. The Morgan fingerprint density at radius 3 is 2.47 bits per heavy atom.